The molecule has 0 atom stereocenters. The molecule has 0 spiro atoms. The van der Waals surface area contributed by atoms with Crippen molar-refractivity contribution in [1.82, 2.24) is 9.88 Å². The van der Waals surface area contributed by atoms with E-state index in [1.165, 1.54) is 12.1 Å². The van der Waals surface area contributed by atoms with Crippen LogP contribution in [-0.4, -0.2) is 42.0 Å². The van der Waals surface area contributed by atoms with Gasteiger partial charge in [-0.25, -0.2) is 0 Å². The first-order chi connectivity index (χ1) is 12.4. The summed E-state index contributed by atoms with van der Waals surface area (Å²) in [4.78, 5) is 20.4. The highest BCUT2D eigenvalue weighted by atomic mass is 19.4. The van der Waals surface area contributed by atoms with Crippen LogP contribution in [0.3, 0.4) is 0 Å². The quantitative estimate of drug-likeness (QED) is 0.836. The summed E-state index contributed by atoms with van der Waals surface area (Å²) in [6, 6.07) is 8.90. The summed E-state index contributed by atoms with van der Waals surface area (Å²) in [5, 5.41) is 0. The van der Waals surface area contributed by atoms with Crippen molar-refractivity contribution in [1.29, 1.82) is 0 Å². The Balaban J connectivity index is 1.47. The third-order valence-corrected chi connectivity index (χ3v) is 4.57. The lowest BCUT2D eigenvalue weighted by Crippen LogP contribution is -2.48. The molecule has 4 nitrogen and oxygen atoms in total. The summed E-state index contributed by atoms with van der Waals surface area (Å²) in [5.74, 6) is 0.0410. The SMILES string of the molecule is O=C(CCc1ccc(C(F)(F)F)cc1)N1CCN(c2ccncc2)CC1. The van der Waals surface area contributed by atoms with E-state index in [1.54, 1.807) is 12.4 Å². The van der Waals surface area contributed by atoms with Crippen molar-refractivity contribution in [2.24, 2.45) is 0 Å². The molecule has 1 fully saturated rings. The fourth-order valence-corrected chi connectivity index (χ4v) is 3.04. The Labute approximate surface area is 150 Å². The predicted molar refractivity (Wildman–Crippen MR) is 92.8 cm³/mol. The number of pyridine rings is 1. The van der Waals surface area contributed by atoms with Crippen molar-refractivity contribution in [2.45, 2.75) is 19.0 Å². The van der Waals surface area contributed by atoms with Crippen LogP contribution >= 0.6 is 0 Å². The largest absolute Gasteiger partial charge is 0.416 e. The number of piperazine rings is 1. The van der Waals surface area contributed by atoms with Crippen molar-refractivity contribution in [2.75, 3.05) is 31.1 Å². The van der Waals surface area contributed by atoms with Crippen LogP contribution in [0.1, 0.15) is 17.5 Å². The van der Waals surface area contributed by atoms with E-state index in [-0.39, 0.29) is 5.91 Å². The number of rotatable bonds is 4. The second-order valence-corrected chi connectivity index (χ2v) is 6.27. The van der Waals surface area contributed by atoms with Crippen LogP contribution in [0.4, 0.5) is 18.9 Å². The summed E-state index contributed by atoms with van der Waals surface area (Å²) in [6.45, 7) is 2.81. The first-order valence-corrected chi connectivity index (χ1v) is 8.52. The Morgan fingerprint density at radius 2 is 1.58 bits per heavy atom. The minimum Gasteiger partial charge on any atom is -0.368 e. The summed E-state index contributed by atoms with van der Waals surface area (Å²) >= 11 is 0. The number of alkyl halides is 3. The second kappa shape index (κ2) is 7.76. The van der Waals surface area contributed by atoms with E-state index in [2.05, 4.69) is 9.88 Å². The van der Waals surface area contributed by atoms with Crippen LogP contribution in [0, 0.1) is 0 Å². The molecule has 0 saturated carbocycles. The third kappa shape index (κ3) is 4.53. The van der Waals surface area contributed by atoms with Gasteiger partial charge < -0.3 is 9.80 Å². The standard InChI is InChI=1S/C19H20F3N3O/c20-19(21,22)16-4-1-15(2-5-16)3-6-18(26)25-13-11-24(12-14-25)17-7-9-23-10-8-17/h1-2,4-5,7-10H,3,6,11-14H2. The van der Waals surface area contributed by atoms with E-state index in [0.717, 1.165) is 36.5 Å². The average molecular weight is 363 g/mol. The van der Waals surface area contributed by atoms with E-state index < -0.39 is 11.7 Å². The Morgan fingerprint density at radius 3 is 2.15 bits per heavy atom. The molecular formula is C19H20F3N3O. The Kier molecular flexibility index (Phi) is 5.44. The summed E-state index contributed by atoms with van der Waals surface area (Å²) in [5.41, 5.74) is 1.17. The van der Waals surface area contributed by atoms with Gasteiger partial charge in [0.25, 0.3) is 0 Å². The molecule has 3 rings (SSSR count). The maximum atomic E-state index is 12.6. The van der Waals surface area contributed by atoms with Crippen LogP contribution in [-0.2, 0) is 17.4 Å². The number of hydrogen-bond donors (Lipinski definition) is 0. The van der Waals surface area contributed by atoms with Crippen LogP contribution in [0.25, 0.3) is 0 Å². The molecule has 1 saturated heterocycles. The molecule has 1 aromatic heterocycles. The zero-order valence-corrected chi connectivity index (χ0v) is 14.2. The Bertz CT molecular complexity index is 724. The maximum absolute atomic E-state index is 12.6. The molecule has 2 aromatic rings. The molecule has 26 heavy (non-hydrogen) atoms. The van der Waals surface area contributed by atoms with Crippen LogP contribution in [0.5, 0.6) is 0 Å². The third-order valence-electron chi connectivity index (χ3n) is 4.57. The maximum Gasteiger partial charge on any atom is 0.416 e. The van der Waals surface area contributed by atoms with Gasteiger partial charge in [-0.2, -0.15) is 13.2 Å². The van der Waals surface area contributed by atoms with E-state index >= 15 is 0 Å². The molecule has 0 aliphatic carbocycles. The summed E-state index contributed by atoms with van der Waals surface area (Å²) in [6.07, 6.45) is -0.0845. The lowest BCUT2D eigenvalue weighted by atomic mass is 10.1. The normalized spacial score (nSPS) is 15.2. The molecule has 0 unspecified atom stereocenters. The van der Waals surface area contributed by atoms with Crippen LogP contribution in [0.15, 0.2) is 48.8 Å². The molecule has 1 aliphatic rings. The number of halogens is 3. The van der Waals surface area contributed by atoms with Gasteiger partial charge in [0.15, 0.2) is 0 Å². The summed E-state index contributed by atoms with van der Waals surface area (Å²) in [7, 11) is 0. The smallest absolute Gasteiger partial charge is 0.368 e. The highest BCUT2D eigenvalue weighted by Crippen LogP contribution is 2.29. The number of carbonyl (C=O) groups is 1. The van der Waals surface area contributed by atoms with Gasteiger partial charge in [0.1, 0.15) is 0 Å². The van der Waals surface area contributed by atoms with Crippen molar-refractivity contribution in [3.05, 3.63) is 59.9 Å². The highest BCUT2D eigenvalue weighted by molar-refractivity contribution is 5.76. The predicted octanol–water partition coefficient (Wildman–Crippen LogP) is 3.38. The molecule has 1 aromatic carbocycles. The van der Waals surface area contributed by atoms with Crippen molar-refractivity contribution in [3.63, 3.8) is 0 Å². The number of benzene rings is 1. The molecule has 0 radical (unpaired) electrons. The molecule has 7 heteroatoms. The van der Waals surface area contributed by atoms with Crippen molar-refractivity contribution < 1.29 is 18.0 Å². The Morgan fingerprint density at radius 1 is 0.962 bits per heavy atom. The zero-order chi connectivity index (χ0) is 18.6. The van der Waals surface area contributed by atoms with E-state index in [9.17, 15) is 18.0 Å². The van der Waals surface area contributed by atoms with Gasteiger partial charge in [-0.15, -0.1) is 0 Å². The van der Waals surface area contributed by atoms with E-state index in [4.69, 9.17) is 0 Å². The first kappa shape index (κ1) is 18.2. The van der Waals surface area contributed by atoms with Crippen molar-refractivity contribution in [3.8, 4) is 0 Å². The monoisotopic (exact) mass is 363 g/mol. The molecule has 1 aliphatic heterocycles. The second-order valence-electron chi connectivity index (χ2n) is 6.27. The molecule has 0 N–H and O–H groups in total. The number of nitrogens with zero attached hydrogens (tertiary/aromatic N) is 3. The van der Waals surface area contributed by atoms with Crippen LogP contribution < -0.4 is 4.90 Å². The average Bonchev–Trinajstić information content (AvgIpc) is 2.66. The minimum absolute atomic E-state index is 0.0410. The number of hydrogen-bond acceptors (Lipinski definition) is 3. The highest BCUT2D eigenvalue weighted by Gasteiger charge is 2.30. The zero-order valence-electron chi connectivity index (χ0n) is 14.2. The van der Waals surface area contributed by atoms with E-state index in [0.29, 0.717) is 25.9 Å². The van der Waals surface area contributed by atoms with Gasteiger partial charge in [-0.05, 0) is 36.2 Å². The number of aromatic nitrogens is 1. The first-order valence-electron chi connectivity index (χ1n) is 8.52. The lowest BCUT2D eigenvalue weighted by Gasteiger charge is -2.36. The van der Waals surface area contributed by atoms with Gasteiger partial charge in [-0.3, -0.25) is 9.78 Å². The van der Waals surface area contributed by atoms with Crippen LogP contribution in [0.2, 0.25) is 0 Å². The minimum atomic E-state index is -4.33. The van der Waals surface area contributed by atoms with Crippen molar-refractivity contribution >= 4 is 11.6 Å². The topological polar surface area (TPSA) is 36.4 Å². The number of amides is 1. The number of aryl methyl sites for hydroxylation is 1. The molecule has 2 heterocycles. The fourth-order valence-electron chi connectivity index (χ4n) is 3.04. The fraction of sp³-hybridized carbons (Fsp3) is 0.368. The van der Waals surface area contributed by atoms with Gasteiger partial charge in [-0.1, -0.05) is 12.1 Å². The number of anilines is 1. The van der Waals surface area contributed by atoms with Gasteiger partial charge in [0.05, 0.1) is 5.56 Å². The summed E-state index contributed by atoms with van der Waals surface area (Å²) < 4.78 is 37.7. The molecular weight excluding hydrogens is 343 g/mol. The molecule has 138 valence electrons. The number of carbonyl (C=O) groups excluding carboxylic acids is 1. The van der Waals surface area contributed by atoms with Gasteiger partial charge >= 0.3 is 6.18 Å². The lowest BCUT2D eigenvalue weighted by molar-refractivity contribution is -0.137. The molecule has 1 amide bonds. The molecule has 0 bridgehead atoms. The van der Waals surface area contributed by atoms with E-state index in [1.807, 2.05) is 17.0 Å². The Hall–Kier alpha value is -2.57. The van der Waals surface area contributed by atoms with Gasteiger partial charge in [0, 0.05) is 50.7 Å². The van der Waals surface area contributed by atoms with Gasteiger partial charge in [0.2, 0.25) is 5.91 Å².